The highest BCUT2D eigenvalue weighted by Gasteiger charge is 2.44. The van der Waals surface area contributed by atoms with Crippen LogP contribution in [-0.2, 0) is 19.1 Å². The molecule has 0 bridgehead atoms. The Balaban J connectivity index is 1.48. The fourth-order valence-electron chi connectivity index (χ4n) is 4.99. The monoisotopic (exact) mass is 417 g/mol. The molecule has 3 heterocycles. The number of H-pyrrole nitrogens is 1. The molecule has 160 valence electrons. The highest BCUT2D eigenvalue weighted by atomic mass is 19.4. The Labute approximate surface area is 165 Å². The maximum atomic E-state index is 14.3. The summed E-state index contributed by atoms with van der Waals surface area (Å²) >= 11 is 0. The van der Waals surface area contributed by atoms with E-state index in [2.05, 4.69) is 10.2 Å². The molecule has 2 aliphatic heterocycles. The van der Waals surface area contributed by atoms with Crippen molar-refractivity contribution < 1.29 is 22.0 Å². The number of piperidine rings is 1. The van der Waals surface area contributed by atoms with Crippen LogP contribution in [0.25, 0.3) is 0 Å². The molecule has 0 aromatic carbocycles. The molecule has 1 fully saturated rings. The molecular formula is C19H24F5N5. The number of hydrogen-bond donors (Lipinski definition) is 2. The van der Waals surface area contributed by atoms with E-state index in [9.17, 15) is 22.0 Å². The number of likely N-dealkylation sites (tertiary alicyclic amines) is 1. The maximum absolute atomic E-state index is 14.3. The van der Waals surface area contributed by atoms with Gasteiger partial charge in [-0.3, -0.25) is 14.9 Å². The van der Waals surface area contributed by atoms with E-state index in [1.807, 2.05) is 16.8 Å². The second-order valence-corrected chi connectivity index (χ2v) is 8.21. The van der Waals surface area contributed by atoms with Gasteiger partial charge >= 0.3 is 6.18 Å². The van der Waals surface area contributed by atoms with E-state index in [1.165, 1.54) is 0 Å². The number of fused-ring (bicyclic) bond motifs is 1. The molecule has 4 atom stereocenters. The topological polar surface area (TPSA) is 61.2 Å². The van der Waals surface area contributed by atoms with Crippen LogP contribution >= 0.6 is 0 Å². The van der Waals surface area contributed by atoms with Gasteiger partial charge in [0.1, 0.15) is 11.7 Å². The number of nitrogens with two attached hydrogens (primary N) is 1. The van der Waals surface area contributed by atoms with Crippen LogP contribution in [0.2, 0.25) is 0 Å². The van der Waals surface area contributed by atoms with E-state index in [-0.39, 0.29) is 42.3 Å². The molecular weight excluding hydrogens is 393 g/mol. The van der Waals surface area contributed by atoms with Crippen molar-refractivity contribution in [3.05, 3.63) is 40.8 Å². The summed E-state index contributed by atoms with van der Waals surface area (Å²) in [5.74, 6) is -1.39. The first-order valence-corrected chi connectivity index (χ1v) is 9.70. The fourth-order valence-corrected chi connectivity index (χ4v) is 4.99. The number of rotatable bonds is 2. The minimum atomic E-state index is -4.50. The Morgan fingerprint density at radius 3 is 2.69 bits per heavy atom. The Hall–Kier alpha value is -1.78. The van der Waals surface area contributed by atoms with Gasteiger partial charge in [0.15, 0.2) is 5.69 Å². The van der Waals surface area contributed by atoms with Crippen molar-refractivity contribution in [2.45, 2.75) is 50.1 Å². The zero-order valence-corrected chi connectivity index (χ0v) is 16.0. The van der Waals surface area contributed by atoms with Gasteiger partial charge in [0.05, 0.1) is 0 Å². The number of allylic oxidation sites excluding steroid dienone is 3. The molecule has 1 saturated heterocycles. The quantitative estimate of drug-likeness (QED) is 0.727. The summed E-state index contributed by atoms with van der Waals surface area (Å²) in [6.45, 7) is 1.27. The molecule has 3 aliphatic rings. The first-order valence-electron chi connectivity index (χ1n) is 9.70. The fraction of sp³-hybridized carbons (Fsp3) is 0.632. The molecule has 3 N–H and O–H groups in total. The van der Waals surface area contributed by atoms with Crippen molar-refractivity contribution in [2.75, 3.05) is 20.1 Å². The summed E-state index contributed by atoms with van der Waals surface area (Å²) < 4.78 is 67.7. The number of aromatic amines is 1. The second kappa shape index (κ2) is 7.48. The van der Waals surface area contributed by atoms with Crippen LogP contribution in [0, 0.1) is 5.92 Å². The normalized spacial score (nSPS) is 32.0. The predicted octanol–water partition coefficient (Wildman–Crippen LogP) is 2.91. The number of hydrogen-bond acceptors (Lipinski definition) is 4. The van der Waals surface area contributed by atoms with Gasteiger partial charge in [0.25, 0.3) is 0 Å². The number of alkyl halides is 3. The Morgan fingerprint density at radius 1 is 1.24 bits per heavy atom. The van der Waals surface area contributed by atoms with Crippen molar-refractivity contribution >= 4 is 0 Å². The van der Waals surface area contributed by atoms with E-state index < -0.39 is 23.8 Å². The highest BCUT2D eigenvalue weighted by Crippen LogP contribution is 2.38. The average Bonchev–Trinajstić information content (AvgIpc) is 3.07. The molecule has 0 radical (unpaired) electrons. The average molecular weight is 417 g/mol. The van der Waals surface area contributed by atoms with Gasteiger partial charge in [-0.25, -0.2) is 8.78 Å². The van der Waals surface area contributed by atoms with Crippen LogP contribution in [0.3, 0.4) is 0 Å². The minimum Gasteiger partial charge on any atom is -0.326 e. The van der Waals surface area contributed by atoms with Crippen molar-refractivity contribution in [1.29, 1.82) is 0 Å². The predicted molar refractivity (Wildman–Crippen MR) is 97.0 cm³/mol. The smallest absolute Gasteiger partial charge is 0.326 e. The second-order valence-electron chi connectivity index (χ2n) is 8.21. The van der Waals surface area contributed by atoms with Gasteiger partial charge in [0.2, 0.25) is 0 Å². The van der Waals surface area contributed by atoms with Crippen LogP contribution in [0.1, 0.15) is 29.8 Å². The number of nitrogens with zero attached hydrogens (tertiary/aromatic N) is 3. The van der Waals surface area contributed by atoms with Gasteiger partial charge in [-0.15, -0.1) is 0 Å². The largest absolute Gasteiger partial charge is 0.435 e. The molecule has 1 aromatic rings. The molecule has 4 rings (SSSR count). The number of aromatic nitrogens is 2. The van der Waals surface area contributed by atoms with Crippen LogP contribution in [0.4, 0.5) is 22.0 Å². The summed E-state index contributed by atoms with van der Waals surface area (Å²) in [4.78, 5) is 3.91. The van der Waals surface area contributed by atoms with E-state index in [1.54, 1.807) is 0 Å². The van der Waals surface area contributed by atoms with Crippen molar-refractivity contribution in [3.8, 4) is 0 Å². The molecule has 1 aliphatic carbocycles. The lowest BCUT2D eigenvalue weighted by molar-refractivity contribution is -0.142. The van der Waals surface area contributed by atoms with Crippen LogP contribution in [0.15, 0.2) is 23.8 Å². The zero-order chi connectivity index (χ0) is 20.9. The summed E-state index contributed by atoms with van der Waals surface area (Å²) in [6, 6.07) is -0.838. The van der Waals surface area contributed by atoms with Gasteiger partial charge in [-0.1, -0.05) is 0 Å². The molecule has 0 spiro atoms. The first-order chi connectivity index (χ1) is 13.6. The van der Waals surface area contributed by atoms with Crippen LogP contribution in [0.5, 0.6) is 0 Å². The third kappa shape index (κ3) is 3.85. The molecule has 1 aromatic heterocycles. The third-order valence-corrected chi connectivity index (χ3v) is 6.34. The maximum Gasteiger partial charge on any atom is 0.435 e. The molecule has 5 nitrogen and oxygen atoms in total. The number of likely N-dealkylation sites (N-methyl/N-ethyl adjacent to an activating group) is 1. The lowest BCUT2D eigenvalue weighted by atomic mass is 9.80. The summed E-state index contributed by atoms with van der Waals surface area (Å²) in [7, 11) is 1.81. The lowest BCUT2D eigenvalue weighted by Gasteiger charge is -2.48. The lowest BCUT2D eigenvalue weighted by Crippen LogP contribution is -2.62. The molecule has 10 heteroatoms. The number of nitrogens with one attached hydrogen (secondary N) is 1. The van der Waals surface area contributed by atoms with Gasteiger partial charge < -0.3 is 5.73 Å². The first kappa shape index (κ1) is 20.5. The molecule has 0 saturated carbocycles. The van der Waals surface area contributed by atoms with Crippen molar-refractivity contribution in [2.24, 2.45) is 11.7 Å². The zero-order valence-electron chi connectivity index (χ0n) is 16.0. The summed E-state index contributed by atoms with van der Waals surface area (Å²) in [6.07, 6.45) is -1.27. The van der Waals surface area contributed by atoms with Crippen molar-refractivity contribution in [1.82, 2.24) is 20.0 Å². The van der Waals surface area contributed by atoms with E-state index >= 15 is 0 Å². The highest BCUT2D eigenvalue weighted by molar-refractivity contribution is 5.30. The standard InChI is InChI=1S/C19H24F5N5/c1-28-8-11(7-15(25)17(28)12-6-10(20)2-3-14(12)21)29-5-4-16-13(9-29)18(27-26-16)19(22,23)24/h2-3,11-12,15,17H,4-9,25H2,1H3,(H,26,27)/t11?,12?,15?,17-/m1/s1. The Kier molecular flexibility index (Phi) is 5.28. The van der Waals surface area contributed by atoms with Crippen LogP contribution < -0.4 is 5.73 Å². The van der Waals surface area contributed by atoms with E-state index in [4.69, 9.17) is 5.73 Å². The third-order valence-electron chi connectivity index (χ3n) is 6.34. The summed E-state index contributed by atoms with van der Waals surface area (Å²) in [5, 5.41) is 5.98. The van der Waals surface area contributed by atoms with Crippen molar-refractivity contribution in [3.63, 3.8) is 0 Å². The SMILES string of the molecule is CN1CC(N2CCc3[nH]nc(C(F)(F)F)c3C2)CC(N)[C@H]1C1CC(F)=CC=C1F. The van der Waals surface area contributed by atoms with E-state index in [0.717, 1.165) is 12.2 Å². The van der Waals surface area contributed by atoms with E-state index in [0.29, 0.717) is 31.6 Å². The van der Waals surface area contributed by atoms with Gasteiger partial charge in [-0.05, 0) is 25.6 Å². The number of halogens is 5. The van der Waals surface area contributed by atoms with Gasteiger partial charge in [-0.2, -0.15) is 18.3 Å². The molecule has 0 amide bonds. The van der Waals surface area contributed by atoms with Gasteiger partial charge in [0, 0.05) is 67.8 Å². The molecule has 29 heavy (non-hydrogen) atoms. The Morgan fingerprint density at radius 2 is 2.00 bits per heavy atom. The Bertz CT molecular complexity index is 817. The van der Waals surface area contributed by atoms with Crippen LogP contribution in [-0.4, -0.2) is 58.3 Å². The molecule has 3 unspecified atom stereocenters. The minimum absolute atomic E-state index is 0.0211. The summed E-state index contributed by atoms with van der Waals surface area (Å²) in [5.41, 5.74) is 6.23.